The van der Waals surface area contributed by atoms with Crippen LogP contribution in [0.3, 0.4) is 0 Å². The highest BCUT2D eigenvalue weighted by Gasteiger charge is 2.31. The first-order valence-corrected chi connectivity index (χ1v) is 18.2. The van der Waals surface area contributed by atoms with Crippen molar-refractivity contribution >= 4 is 23.7 Å². The van der Waals surface area contributed by atoms with Gasteiger partial charge in [-0.3, -0.25) is 0 Å². The van der Waals surface area contributed by atoms with Crippen LogP contribution < -0.4 is 18.9 Å². The van der Waals surface area contributed by atoms with Crippen LogP contribution in [0.15, 0.2) is 141 Å². The van der Waals surface area contributed by atoms with Gasteiger partial charge in [-0.05, 0) is 113 Å². The van der Waals surface area contributed by atoms with Crippen LogP contribution in [0.5, 0.6) is 23.0 Å². The third kappa shape index (κ3) is 10.0. The fourth-order valence-electron chi connectivity index (χ4n) is 6.21. The van der Waals surface area contributed by atoms with Gasteiger partial charge in [0.1, 0.15) is 28.8 Å². The largest absolute Gasteiger partial charge is 0.493 e. The molecule has 6 rings (SSSR count). The summed E-state index contributed by atoms with van der Waals surface area (Å²) in [5.74, 6) is 0.936. The quantitative estimate of drug-likeness (QED) is 0.0275. The Morgan fingerprint density at radius 3 is 1.56 bits per heavy atom. The molecule has 0 aliphatic heterocycles. The highest BCUT2D eigenvalue weighted by Crippen LogP contribution is 2.50. The van der Waals surface area contributed by atoms with Gasteiger partial charge >= 0.3 is 17.9 Å². The van der Waals surface area contributed by atoms with Gasteiger partial charge in [-0.2, -0.15) is 5.26 Å². The molecule has 0 amide bonds. The molecule has 1 atom stereocenters. The second-order valence-electron chi connectivity index (χ2n) is 12.8. The van der Waals surface area contributed by atoms with Crippen molar-refractivity contribution in [2.45, 2.75) is 18.8 Å². The maximum absolute atomic E-state index is 13.2. The van der Waals surface area contributed by atoms with Crippen LogP contribution in [0.25, 0.3) is 16.9 Å². The van der Waals surface area contributed by atoms with Gasteiger partial charge in [-0.15, -0.1) is 0 Å². The first kappa shape index (κ1) is 39.3. The van der Waals surface area contributed by atoms with Crippen LogP contribution in [0.2, 0.25) is 0 Å². The van der Waals surface area contributed by atoms with Gasteiger partial charge in [0.2, 0.25) is 0 Å². The summed E-state index contributed by atoms with van der Waals surface area (Å²) < 4.78 is 33.5. The van der Waals surface area contributed by atoms with Crippen molar-refractivity contribution in [3.8, 4) is 40.2 Å². The number of carbonyl (C=O) groups is 3. The fourth-order valence-corrected chi connectivity index (χ4v) is 6.21. The second kappa shape index (κ2) is 18.8. The lowest BCUT2D eigenvalue weighted by atomic mass is 9.89. The van der Waals surface area contributed by atoms with Crippen molar-refractivity contribution in [1.82, 2.24) is 0 Å². The average Bonchev–Trinajstić information content (AvgIpc) is 3.56. The average molecular weight is 762 g/mol. The molecule has 0 fully saturated rings. The van der Waals surface area contributed by atoms with Crippen LogP contribution in [-0.2, 0) is 19.1 Å². The van der Waals surface area contributed by atoms with Gasteiger partial charge < -0.3 is 28.4 Å². The normalized spacial score (nSPS) is 12.2. The van der Waals surface area contributed by atoms with E-state index in [4.69, 9.17) is 28.4 Å². The molecule has 0 heterocycles. The molecule has 0 spiro atoms. The van der Waals surface area contributed by atoms with Gasteiger partial charge in [0.05, 0.1) is 43.6 Å². The molecule has 10 nitrogen and oxygen atoms in total. The predicted molar refractivity (Wildman–Crippen MR) is 214 cm³/mol. The number of nitrogens with zero attached hydrogens (tertiary/aromatic N) is 1. The van der Waals surface area contributed by atoms with E-state index in [1.807, 2.05) is 66.7 Å². The van der Waals surface area contributed by atoms with Crippen molar-refractivity contribution in [3.05, 3.63) is 174 Å². The molecule has 5 aromatic rings. The smallest absolute Gasteiger partial charge is 0.343 e. The monoisotopic (exact) mass is 761 g/mol. The number of ether oxygens (including phenoxy) is 6. The molecule has 5 aromatic carbocycles. The zero-order valence-corrected chi connectivity index (χ0v) is 31.1. The first-order chi connectivity index (χ1) is 27.8. The third-order valence-corrected chi connectivity index (χ3v) is 8.99. The van der Waals surface area contributed by atoms with Gasteiger partial charge in [0, 0.05) is 36.5 Å². The SMILES string of the molecule is C=CC(=O)OCCCOc1ccc(C(=C)Oc2ccc3c(c2)C(c2ccc(C#N)cc2)c2cc(OC(=O)c4ccc(OCCCOC(=O)C=C)cc4)ccc2-3)cc1. The fraction of sp³-hybridized carbons (Fsp3) is 0.149. The van der Waals surface area contributed by atoms with E-state index >= 15 is 0 Å². The maximum Gasteiger partial charge on any atom is 0.343 e. The molecule has 0 aromatic heterocycles. The molecule has 1 unspecified atom stereocenters. The van der Waals surface area contributed by atoms with E-state index in [1.165, 1.54) is 0 Å². The molecule has 0 bridgehead atoms. The van der Waals surface area contributed by atoms with Crippen LogP contribution in [0.4, 0.5) is 0 Å². The summed E-state index contributed by atoms with van der Waals surface area (Å²) in [5, 5.41) is 9.46. The minimum absolute atomic E-state index is 0.214. The number of nitriles is 1. The summed E-state index contributed by atoms with van der Waals surface area (Å²) in [7, 11) is 0. The standard InChI is InChI=1S/C47H39NO9/c1-4-44(49)54-26-6-24-52-36-16-12-33(13-17-36)31(3)56-38-20-22-40-41-23-21-39(29-43(41)46(42(40)28-38)34-10-8-32(30-48)9-11-34)57-47(51)35-14-18-37(19-15-35)53-25-7-27-55-45(50)5-2/h4-5,8-23,28-29,46H,1-3,6-7,24-27H2. The summed E-state index contributed by atoms with van der Waals surface area (Å²) in [6, 6.07) is 35.1. The highest BCUT2D eigenvalue weighted by molar-refractivity contribution is 5.91. The molecular formula is C47H39NO9. The Kier molecular flexibility index (Phi) is 13.0. The van der Waals surface area contributed by atoms with Crippen LogP contribution in [0, 0.1) is 11.3 Å². The van der Waals surface area contributed by atoms with Gasteiger partial charge in [0.15, 0.2) is 0 Å². The topological polar surface area (TPSA) is 130 Å². The number of fused-ring (bicyclic) bond motifs is 3. The Morgan fingerprint density at radius 1 is 0.596 bits per heavy atom. The Balaban J connectivity index is 1.14. The highest BCUT2D eigenvalue weighted by atomic mass is 16.5. The van der Waals surface area contributed by atoms with Crippen molar-refractivity contribution in [2.24, 2.45) is 0 Å². The van der Waals surface area contributed by atoms with Gasteiger partial charge in [-0.1, -0.05) is 44.0 Å². The summed E-state index contributed by atoms with van der Waals surface area (Å²) >= 11 is 0. The first-order valence-electron chi connectivity index (χ1n) is 18.2. The molecule has 0 N–H and O–H groups in total. The molecule has 1 aliphatic carbocycles. The summed E-state index contributed by atoms with van der Waals surface area (Å²) in [5.41, 5.74) is 6.54. The zero-order chi connectivity index (χ0) is 40.1. The summed E-state index contributed by atoms with van der Waals surface area (Å²) in [4.78, 5) is 35.6. The van der Waals surface area contributed by atoms with Gasteiger partial charge in [0.25, 0.3) is 0 Å². The Morgan fingerprint density at radius 2 is 1.07 bits per heavy atom. The van der Waals surface area contributed by atoms with E-state index < -0.39 is 17.9 Å². The van der Waals surface area contributed by atoms with Crippen LogP contribution in [0.1, 0.15) is 56.9 Å². The van der Waals surface area contributed by atoms with Crippen molar-refractivity contribution in [3.63, 3.8) is 0 Å². The van der Waals surface area contributed by atoms with E-state index in [1.54, 1.807) is 42.5 Å². The number of hydrogen-bond donors (Lipinski definition) is 0. The number of hydrogen-bond acceptors (Lipinski definition) is 10. The molecule has 10 heteroatoms. The zero-order valence-electron chi connectivity index (χ0n) is 31.1. The number of benzene rings is 5. The molecule has 0 saturated carbocycles. The van der Waals surface area contributed by atoms with E-state index in [-0.39, 0.29) is 19.1 Å². The van der Waals surface area contributed by atoms with Crippen molar-refractivity contribution < 1.29 is 42.8 Å². The van der Waals surface area contributed by atoms with E-state index in [0.717, 1.165) is 45.5 Å². The number of rotatable bonds is 18. The maximum atomic E-state index is 13.2. The molecule has 286 valence electrons. The summed E-state index contributed by atoms with van der Waals surface area (Å²) in [6.07, 6.45) is 3.28. The minimum atomic E-state index is -0.524. The van der Waals surface area contributed by atoms with Crippen LogP contribution >= 0.6 is 0 Å². The lowest BCUT2D eigenvalue weighted by Crippen LogP contribution is -2.09. The minimum Gasteiger partial charge on any atom is -0.493 e. The number of carbonyl (C=O) groups excluding carboxylic acids is 3. The molecular weight excluding hydrogens is 723 g/mol. The lowest BCUT2D eigenvalue weighted by Gasteiger charge is -2.17. The summed E-state index contributed by atoms with van der Waals surface area (Å²) in [6.45, 7) is 12.1. The van der Waals surface area contributed by atoms with Gasteiger partial charge in [-0.25, -0.2) is 14.4 Å². The lowest BCUT2D eigenvalue weighted by molar-refractivity contribution is -0.138. The third-order valence-electron chi connectivity index (χ3n) is 8.99. The van der Waals surface area contributed by atoms with E-state index in [2.05, 4.69) is 25.8 Å². The van der Waals surface area contributed by atoms with Crippen LogP contribution in [-0.4, -0.2) is 44.3 Å². The predicted octanol–water partition coefficient (Wildman–Crippen LogP) is 8.98. The van der Waals surface area contributed by atoms with E-state index in [0.29, 0.717) is 65.9 Å². The molecule has 0 saturated heterocycles. The molecule has 1 aliphatic rings. The van der Waals surface area contributed by atoms with Crippen molar-refractivity contribution in [2.75, 3.05) is 26.4 Å². The Labute approximate surface area is 330 Å². The number of esters is 3. The molecule has 57 heavy (non-hydrogen) atoms. The molecule has 0 radical (unpaired) electrons. The Bertz CT molecular complexity index is 2180. The van der Waals surface area contributed by atoms with Crippen molar-refractivity contribution in [1.29, 1.82) is 5.26 Å². The Hall–Kier alpha value is -7.38. The van der Waals surface area contributed by atoms with E-state index in [9.17, 15) is 19.6 Å². The second-order valence-corrected chi connectivity index (χ2v) is 12.8.